The van der Waals surface area contributed by atoms with Crippen LogP contribution in [0.25, 0.3) is 0 Å². The average molecular weight is 349 g/mol. The van der Waals surface area contributed by atoms with E-state index in [1.54, 1.807) is 12.1 Å². The lowest BCUT2D eigenvalue weighted by molar-refractivity contribution is -0.137. The summed E-state index contributed by atoms with van der Waals surface area (Å²) in [5.74, 6) is 0.334. The molecule has 0 bridgehead atoms. The smallest absolute Gasteiger partial charge is 0.416 e. The summed E-state index contributed by atoms with van der Waals surface area (Å²) in [5, 5.41) is 13.7. The average Bonchev–Trinajstić information content (AvgIpc) is 3.00. The molecule has 23 heavy (non-hydrogen) atoms. The van der Waals surface area contributed by atoms with Crippen molar-refractivity contribution >= 4 is 23.3 Å². The fraction of sp³-hybridized carbons (Fsp3) is 0.214. The molecule has 1 atom stereocenters. The standard InChI is InChI=1S/C14H12ClF3N2O3/c15-9-6-8(14(16,17)18)3-4-10(9)19-13(22)20-11(7-21)12-2-1-5-23-12/h1-6,11,21H,7H2,(H2,19,20,22)/t11-/m1/s1. The van der Waals surface area contributed by atoms with E-state index in [9.17, 15) is 23.1 Å². The summed E-state index contributed by atoms with van der Waals surface area (Å²) >= 11 is 5.74. The maximum atomic E-state index is 12.5. The fourth-order valence-corrected chi connectivity index (χ4v) is 2.03. The van der Waals surface area contributed by atoms with Crippen molar-refractivity contribution < 1.29 is 27.5 Å². The molecule has 124 valence electrons. The second kappa shape index (κ2) is 6.93. The Morgan fingerprint density at radius 3 is 2.61 bits per heavy atom. The number of hydrogen-bond donors (Lipinski definition) is 3. The minimum atomic E-state index is -4.52. The van der Waals surface area contributed by atoms with Crippen LogP contribution in [-0.2, 0) is 6.18 Å². The zero-order valence-electron chi connectivity index (χ0n) is 11.5. The van der Waals surface area contributed by atoms with Crippen molar-refractivity contribution in [3.63, 3.8) is 0 Å². The molecule has 1 aromatic heterocycles. The molecule has 3 N–H and O–H groups in total. The van der Waals surface area contributed by atoms with Gasteiger partial charge in [-0.2, -0.15) is 13.2 Å². The molecule has 0 saturated heterocycles. The summed E-state index contributed by atoms with van der Waals surface area (Å²) in [6.45, 7) is -0.415. The molecule has 0 fully saturated rings. The number of nitrogens with one attached hydrogen (secondary N) is 2. The van der Waals surface area contributed by atoms with Gasteiger partial charge in [0.1, 0.15) is 11.8 Å². The predicted molar refractivity (Wildman–Crippen MR) is 77.1 cm³/mol. The highest BCUT2D eigenvalue weighted by atomic mass is 35.5. The SMILES string of the molecule is O=C(Nc1ccc(C(F)(F)F)cc1Cl)N[C@H](CO)c1ccco1. The molecule has 0 aliphatic heterocycles. The number of furan rings is 1. The molecule has 9 heteroatoms. The molecule has 5 nitrogen and oxygen atoms in total. The summed E-state index contributed by atoms with van der Waals surface area (Å²) in [7, 11) is 0. The number of benzene rings is 1. The highest BCUT2D eigenvalue weighted by Crippen LogP contribution is 2.33. The minimum absolute atomic E-state index is 0.00769. The number of aliphatic hydroxyl groups is 1. The highest BCUT2D eigenvalue weighted by molar-refractivity contribution is 6.33. The molecule has 0 radical (unpaired) electrons. The van der Waals surface area contributed by atoms with E-state index >= 15 is 0 Å². The van der Waals surface area contributed by atoms with Gasteiger partial charge in [-0.1, -0.05) is 11.6 Å². The fourth-order valence-electron chi connectivity index (χ4n) is 1.81. The molecule has 2 rings (SSSR count). The number of hydrogen-bond acceptors (Lipinski definition) is 3. The number of urea groups is 1. The van der Waals surface area contributed by atoms with Crippen LogP contribution >= 0.6 is 11.6 Å². The summed E-state index contributed by atoms with van der Waals surface area (Å²) < 4.78 is 42.7. The Morgan fingerprint density at radius 1 is 1.35 bits per heavy atom. The largest absolute Gasteiger partial charge is 0.467 e. The van der Waals surface area contributed by atoms with Gasteiger partial charge in [0.25, 0.3) is 0 Å². The number of amides is 2. The molecule has 1 heterocycles. The number of anilines is 1. The van der Waals surface area contributed by atoms with Crippen LogP contribution in [0.1, 0.15) is 17.4 Å². The first-order valence-corrected chi connectivity index (χ1v) is 6.77. The molecule has 0 unspecified atom stereocenters. The Balaban J connectivity index is 2.05. The van der Waals surface area contributed by atoms with E-state index in [1.807, 2.05) is 0 Å². The van der Waals surface area contributed by atoms with Crippen molar-refractivity contribution in [1.29, 1.82) is 0 Å². The van der Waals surface area contributed by atoms with Gasteiger partial charge in [-0.3, -0.25) is 0 Å². The first kappa shape index (κ1) is 17.2. The van der Waals surface area contributed by atoms with Crippen LogP contribution in [0.3, 0.4) is 0 Å². The Hall–Kier alpha value is -2.19. The Labute approximate surface area is 134 Å². The molecule has 0 aliphatic carbocycles. The third-order valence-electron chi connectivity index (χ3n) is 2.92. The van der Waals surface area contributed by atoms with Gasteiger partial charge in [-0.05, 0) is 30.3 Å². The van der Waals surface area contributed by atoms with Gasteiger partial charge in [0.2, 0.25) is 0 Å². The zero-order chi connectivity index (χ0) is 17.0. The second-order valence-corrected chi connectivity index (χ2v) is 4.95. The van der Waals surface area contributed by atoms with Crippen molar-refractivity contribution in [3.05, 3.63) is 52.9 Å². The van der Waals surface area contributed by atoms with Gasteiger partial charge in [-0.25, -0.2) is 4.79 Å². The maximum absolute atomic E-state index is 12.5. The van der Waals surface area contributed by atoms with Crippen LogP contribution in [0, 0.1) is 0 Å². The van der Waals surface area contributed by atoms with Gasteiger partial charge in [0, 0.05) is 0 Å². The van der Waals surface area contributed by atoms with Crippen LogP contribution < -0.4 is 10.6 Å². The van der Waals surface area contributed by atoms with Gasteiger partial charge in [0.15, 0.2) is 0 Å². The number of alkyl halides is 3. The molecule has 0 spiro atoms. The first-order chi connectivity index (χ1) is 10.8. The van der Waals surface area contributed by atoms with Crippen LogP contribution in [0.15, 0.2) is 41.0 Å². The van der Waals surface area contributed by atoms with E-state index in [0.717, 1.165) is 12.1 Å². The quantitative estimate of drug-likeness (QED) is 0.786. The number of rotatable bonds is 4. The lowest BCUT2D eigenvalue weighted by Gasteiger charge is -2.16. The van der Waals surface area contributed by atoms with E-state index in [2.05, 4.69) is 10.6 Å². The van der Waals surface area contributed by atoms with Gasteiger partial charge in [0.05, 0.1) is 29.1 Å². The van der Waals surface area contributed by atoms with Crippen molar-refractivity contribution in [1.82, 2.24) is 5.32 Å². The first-order valence-electron chi connectivity index (χ1n) is 6.40. The third kappa shape index (κ3) is 4.40. The number of carbonyl (C=O) groups excluding carboxylic acids is 1. The molecular weight excluding hydrogens is 337 g/mol. The summed E-state index contributed by atoms with van der Waals surface area (Å²) in [6, 6.07) is 4.17. The predicted octanol–water partition coefficient (Wildman–Crippen LogP) is 3.81. The van der Waals surface area contributed by atoms with Crippen LogP contribution in [-0.4, -0.2) is 17.7 Å². The highest BCUT2D eigenvalue weighted by Gasteiger charge is 2.31. The van der Waals surface area contributed by atoms with E-state index in [1.165, 1.54) is 6.26 Å². The molecule has 2 amide bonds. The summed E-state index contributed by atoms with van der Waals surface area (Å²) in [4.78, 5) is 11.9. The molecule has 2 aromatic rings. The second-order valence-electron chi connectivity index (χ2n) is 4.54. The van der Waals surface area contributed by atoms with Crippen LogP contribution in [0.4, 0.5) is 23.7 Å². The maximum Gasteiger partial charge on any atom is 0.416 e. The minimum Gasteiger partial charge on any atom is -0.467 e. The van der Waals surface area contributed by atoms with Crippen LogP contribution in [0.5, 0.6) is 0 Å². The van der Waals surface area contributed by atoms with E-state index in [4.69, 9.17) is 16.0 Å². The molecule has 0 aliphatic rings. The zero-order valence-corrected chi connectivity index (χ0v) is 12.3. The van der Waals surface area contributed by atoms with E-state index < -0.39 is 30.4 Å². The topological polar surface area (TPSA) is 74.5 Å². The Bertz CT molecular complexity index is 674. The van der Waals surface area contributed by atoms with Crippen LogP contribution in [0.2, 0.25) is 5.02 Å². The van der Waals surface area contributed by atoms with Crippen molar-refractivity contribution in [3.8, 4) is 0 Å². The van der Waals surface area contributed by atoms with E-state index in [0.29, 0.717) is 11.8 Å². The molecule has 0 saturated carbocycles. The lowest BCUT2D eigenvalue weighted by atomic mass is 10.2. The normalized spacial score (nSPS) is 12.7. The molecule has 1 aromatic carbocycles. The van der Waals surface area contributed by atoms with Gasteiger partial charge >= 0.3 is 12.2 Å². The number of aliphatic hydroxyl groups excluding tert-OH is 1. The van der Waals surface area contributed by atoms with Gasteiger partial charge < -0.3 is 20.2 Å². The summed E-state index contributed by atoms with van der Waals surface area (Å²) in [5.41, 5.74) is -0.912. The number of halogens is 4. The summed E-state index contributed by atoms with van der Waals surface area (Å²) in [6.07, 6.45) is -3.14. The Morgan fingerprint density at radius 2 is 2.09 bits per heavy atom. The van der Waals surface area contributed by atoms with Crippen molar-refractivity contribution in [2.45, 2.75) is 12.2 Å². The van der Waals surface area contributed by atoms with E-state index in [-0.39, 0.29) is 10.7 Å². The van der Waals surface area contributed by atoms with Gasteiger partial charge in [-0.15, -0.1) is 0 Å². The third-order valence-corrected chi connectivity index (χ3v) is 3.23. The Kier molecular flexibility index (Phi) is 5.17. The lowest BCUT2D eigenvalue weighted by Crippen LogP contribution is -2.34. The van der Waals surface area contributed by atoms with Crippen molar-refractivity contribution in [2.75, 3.05) is 11.9 Å². The molecular formula is C14H12ClF3N2O3. The monoisotopic (exact) mass is 348 g/mol. The van der Waals surface area contributed by atoms with Crippen molar-refractivity contribution in [2.24, 2.45) is 0 Å². The number of carbonyl (C=O) groups is 1.